The topological polar surface area (TPSA) is 203 Å². The van der Waals surface area contributed by atoms with Crippen molar-refractivity contribution in [1.29, 1.82) is 0 Å². The van der Waals surface area contributed by atoms with Gasteiger partial charge >= 0.3 is 0 Å². The second-order valence-electron chi connectivity index (χ2n) is 13.3. The zero-order valence-electron chi connectivity index (χ0n) is 31.3. The summed E-state index contributed by atoms with van der Waals surface area (Å²) in [5.74, 6) is 0.460. The first-order valence-electron chi connectivity index (χ1n) is 17.5. The number of carbonyl (C=O) groups is 4. The molecule has 300 valence electrons. The summed E-state index contributed by atoms with van der Waals surface area (Å²) in [6.45, 7) is 1.99. The first kappa shape index (κ1) is 46.0. The summed E-state index contributed by atoms with van der Waals surface area (Å²) in [5, 5.41) is 5.57. The maximum Gasteiger partial charge on any atom is 0.227 e. The fourth-order valence-corrected chi connectivity index (χ4v) is 7.09. The number of amides is 4. The predicted molar refractivity (Wildman–Crippen MR) is 248 cm³/mol. The lowest BCUT2D eigenvalue weighted by molar-refractivity contribution is -0.119. The Morgan fingerprint density at radius 3 is 1.54 bits per heavy atom. The van der Waals surface area contributed by atoms with Crippen molar-refractivity contribution in [2.45, 2.75) is 65.7 Å². The van der Waals surface area contributed by atoms with Gasteiger partial charge in [0.1, 0.15) is 0 Å². The van der Waals surface area contributed by atoms with Gasteiger partial charge in [-0.3, -0.25) is 19.2 Å². The number of nitrogens with one attached hydrogen (secondary N) is 2. The third-order valence-electron chi connectivity index (χ3n) is 9.50. The number of anilines is 8. The Hall–Kier alpha value is -4.35. The molecule has 56 heavy (non-hydrogen) atoms. The smallest absolute Gasteiger partial charge is 0.227 e. The number of rotatable bonds is 0. The van der Waals surface area contributed by atoms with E-state index in [0.717, 1.165) is 74.2 Å². The second kappa shape index (κ2) is 20.7. The molecule has 0 bridgehead atoms. The molecule has 10 N–H and O–H groups in total. The van der Waals surface area contributed by atoms with E-state index in [0.29, 0.717) is 42.7 Å². The molecule has 4 heterocycles. The minimum atomic E-state index is 0. The molecule has 0 atom stereocenters. The Morgan fingerprint density at radius 1 is 0.554 bits per heavy atom. The van der Waals surface area contributed by atoms with Gasteiger partial charge in [0.05, 0.1) is 0 Å². The van der Waals surface area contributed by atoms with Gasteiger partial charge in [-0.25, -0.2) is 0 Å². The molecular formula is C41H51Br2IN8O4. The van der Waals surface area contributed by atoms with Gasteiger partial charge in [0, 0.05) is 94.2 Å². The number of hydrogen-bond acceptors (Lipinski definition) is 8. The van der Waals surface area contributed by atoms with Crippen LogP contribution in [0, 0.1) is 6.92 Å². The van der Waals surface area contributed by atoms with Gasteiger partial charge < -0.3 is 43.4 Å². The lowest BCUT2D eigenvalue weighted by atomic mass is 9.98. The van der Waals surface area contributed by atoms with Gasteiger partial charge in [0.15, 0.2) is 0 Å². The number of halogens is 3. The summed E-state index contributed by atoms with van der Waals surface area (Å²) < 4.78 is 1.79. The summed E-state index contributed by atoms with van der Waals surface area (Å²) in [5.41, 5.74) is 35.0. The fraction of sp³-hybridized carbons (Fsp3) is 0.317. The normalized spacial score (nSPS) is 14.6. The second-order valence-corrected chi connectivity index (χ2v) is 15.0. The predicted octanol–water partition coefficient (Wildman–Crippen LogP) is 8.18. The van der Waals surface area contributed by atoms with Crippen LogP contribution in [0.15, 0.2) is 63.5 Å². The number of benzene rings is 4. The van der Waals surface area contributed by atoms with Crippen LogP contribution in [-0.2, 0) is 44.9 Å². The Labute approximate surface area is 359 Å². The van der Waals surface area contributed by atoms with Crippen molar-refractivity contribution in [2.24, 2.45) is 0 Å². The van der Waals surface area contributed by atoms with Crippen molar-refractivity contribution in [3.63, 3.8) is 0 Å². The Bertz CT molecular complexity index is 2040. The van der Waals surface area contributed by atoms with Crippen LogP contribution in [-0.4, -0.2) is 42.7 Å². The number of nitrogens with zero attached hydrogens (tertiary/aromatic N) is 2. The summed E-state index contributed by atoms with van der Waals surface area (Å²) in [6.07, 6.45) is 5.57. The number of nitrogens with two attached hydrogens (primary N) is 4. The molecule has 0 saturated heterocycles. The molecule has 0 unspecified atom stereocenters. The summed E-state index contributed by atoms with van der Waals surface area (Å²) in [6, 6.07) is 17.2. The summed E-state index contributed by atoms with van der Waals surface area (Å²) in [7, 11) is 3.59. The third-order valence-corrected chi connectivity index (χ3v) is 10.9. The molecule has 4 aliphatic heterocycles. The molecule has 4 amide bonds. The molecule has 0 aromatic heterocycles. The van der Waals surface area contributed by atoms with Gasteiger partial charge in [0.2, 0.25) is 23.6 Å². The molecule has 0 fully saturated rings. The lowest BCUT2D eigenvalue weighted by Gasteiger charge is -2.26. The van der Waals surface area contributed by atoms with Crippen molar-refractivity contribution in [3.8, 4) is 0 Å². The van der Waals surface area contributed by atoms with Crippen LogP contribution >= 0.6 is 54.5 Å². The van der Waals surface area contributed by atoms with Crippen LogP contribution in [0.1, 0.15) is 60.9 Å². The highest BCUT2D eigenvalue weighted by Gasteiger charge is 2.23. The Balaban J connectivity index is 0.000000196. The van der Waals surface area contributed by atoms with E-state index in [2.05, 4.69) is 71.2 Å². The number of hydrogen-bond donors (Lipinski definition) is 6. The van der Waals surface area contributed by atoms with E-state index < -0.39 is 0 Å². The zero-order chi connectivity index (χ0) is 40.6. The molecule has 0 aliphatic carbocycles. The lowest BCUT2D eigenvalue weighted by Crippen LogP contribution is -2.31. The average molecular weight is 1010 g/mol. The van der Waals surface area contributed by atoms with E-state index in [4.69, 9.17) is 22.9 Å². The molecule has 0 saturated carbocycles. The highest BCUT2D eigenvalue weighted by atomic mass is 127. The first-order chi connectivity index (χ1) is 26.1. The van der Waals surface area contributed by atoms with Gasteiger partial charge in [0.25, 0.3) is 0 Å². The molecular weight excluding hydrogens is 955 g/mol. The average Bonchev–Trinajstić information content (AvgIpc) is 3.15. The Kier molecular flexibility index (Phi) is 17.0. The van der Waals surface area contributed by atoms with Crippen molar-refractivity contribution in [1.82, 2.24) is 0 Å². The van der Waals surface area contributed by atoms with Crippen LogP contribution in [0.3, 0.4) is 0 Å². The molecule has 15 heteroatoms. The van der Waals surface area contributed by atoms with Crippen molar-refractivity contribution < 1.29 is 19.2 Å². The summed E-state index contributed by atoms with van der Waals surface area (Å²) in [4.78, 5) is 50.2. The SMILES string of the molecule is C.CI.CN1C(=O)CCc2cc(Br)c(N)cc21.Cc1cc2c(cc1N)N(C)C(=O)CC2.Nc1cc2c(cc1Br)CCC(=O)N2.Nc1ccc2c(c1)NC(=O)CC2. The fourth-order valence-electron chi connectivity index (χ4n) is 6.31. The van der Waals surface area contributed by atoms with Gasteiger partial charge in [-0.15, -0.1) is 0 Å². The highest BCUT2D eigenvalue weighted by Crippen LogP contribution is 2.34. The van der Waals surface area contributed by atoms with E-state index in [-0.39, 0.29) is 31.1 Å². The van der Waals surface area contributed by atoms with Crippen LogP contribution in [0.5, 0.6) is 0 Å². The van der Waals surface area contributed by atoms with Gasteiger partial charge in [-0.05, 0) is 140 Å². The van der Waals surface area contributed by atoms with Crippen LogP contribution in [0.4, 0.5) is 45.5 Å². The van der Waals surface area contributed by atoms with Crippen LogP contribution in [0.25, 0.3) is 0 Å². The number of nitrogen functional groups attached to an aromatic ring is 4. The molecule has 4 aromatic carbocycles. The summed E-state index contributed by atoms with van der Waals surface area (Å²) >= 11 is 8.88. The maximum atomic E-state index is 11.4. The van der Waals surface area contributed by atoms with E-state index in [1.165, 1.54) is 16.7 Å². The van der Waals surface area contributed by atoms with Crippen LogP contribution < -0.4 is 43.4 Å². The van der Waals surface area contributed by atoms with Gasteiger partial charge in [-0.2, -0.15) is 0 Å². The quantitative estimate of drug-likeness (QED) is 0.0575. The molecule has 0 spiro atoms. The van der Waals surface area contributed by atoms with Crippen molar-refractivity contribution in [2.75, 3.05) is 62.4 Å². The molecule has 0 radical (unpaired) electrons. The number of aryl methyl sites for hydroxylation is 5. The number of alkyl halides is 1. The van der Waals surface area contributed by atoms with Crippen LogP contribution in [0.2, 0.25) is 0 Å². The molecule has 4 aromatic rings. The van der Waals surface area contributed by atoms with Crippen molar-refractivity contribution >= 4 is 124 Å². The largest absolute Gasteiger partial charge is 0.399 e. The van der Waals surface area contributed by atoms with E-state index >= 15 is 0 Å². The molecule has 8 rings (SSSR count). The molecule has 12 nitrogen and oxygen atoms in total. The number of fused-ring (bicyclic) bond motifs is 4. The van der Waals surface area contributed by atoms with Gasteiger partial charge in [-0.1, -0.05) is 42.2 Å². The first-order valence-corrected chi connectivity index (χ1v) is 21.3. The third kappa shape index (κ3) is 11.6. The molecule has 4 aliphatic rings. The standard InChI is InChI=1S/C11H14N2O.C10H11BrN2O.C9H9BrN2O.C9H10N2O.CH3I.CH4/c1-7-5-8-3-4-11(14)13(2)10(8)6-9(7)12;1-13-9-5-8(12)7(11)4-6(9)2-3-10(13)14;10-6-3-5-1-2-9(13)12-8(5)4-7(6)11;10-7-3-1-6-2-4-9(12)11-8(6)5-7;1-2;/h5-6H,3-4,12H2,1-2H3;4-5H,2-3,12H2,1H3;3-4H,1-2,11H2,(H,12,13);1,3,5H,2,4,10H2,(H,11,12);1H3;1H4. The van der Waals surface area contributed by atoms with E-state index in [1.807, 2.05) is 48.3 Å². The Morgan fingerprint density at radius 2 is 0.982 bits per heavy atom. The van der Waals surface area contributed by atoms with E-state index in [9.17, 15) is 19.2 Å². The zero-order valence-corrected chi connectivity index (χ0v) is 36.7. The van der Waals surface area contributed by atoms with Crippen molar-refractivity contribution in [3.05, 3.63) is 91.4 Å². The monoisotopic (exact) mass is 1000 g/mol. The maximum absolute atomic E-state index is 11.4. The minimum absolute atomic E-state index is 0. The minimum Gasteiger partial charge on any atom is -0.399 e. The number of carbonyl (C=O) groups excluding carboxylic acids is 4. The highest BCUT2D eigenvalue weighted by molar-refractivity contribution is 14.1. The van der Waals surface area contributed by atoms with E-state index in [1.54, 1.807) is 36.0 Å².